The summed E-state index contributed by atoms with van der Waals surface area (Å²) in [5, 5.41) is 5.26. The summed E-state index contributed by atoms with van der Waals surface area (Å²) in [6.45, 7) is 0. The van der Waals surface area contributed by atoms with Crippen molar-refractivity contribution in [3.8, 4) is 27.6 Å². The summed E-state index contributed by atoms with van der Waals surface area (Å²) in [6, 6.07) is 7.99. The molecule has 0 aliphatic heterocycles. The van der Waals surface area contributed by atoms with Gasteiger partial charge in [0.1, 0.15) is 10.8 Å². The molecule has 0 saturated carbocycles. The topological polar surface area (TPSA) is 66.6 Å². The molecule has 0 unspecified atom stereocenters. The van der Waals surface area contributed by atoms with Crippen LogP contribution in [0.25, 0.3) is 43.6 Å². The number of nitrogens with zero attached hydrogens (tertiary/aromatic N) is 2. The van der Waals surface area contributed by atoms with Crippen LogP contribution in [-0.4, -0.2) is 27.0 Å². The lowest BCUT2D eigenvalue weighted by Crippen LogP contribution is -1.82. The van der Waals surface area contributed by atoms with E-state index in [4.69, 9.17) is 9.72 Å². The van der Waals surface area contributed by atoms with E-state index in [1.54, 1.807) is 24.6 Å². The van der Waals surface area contributed by atoms with Gasteiger partial charge in [-0.25, -0.2) is 4.98 Å². The van der Waals surface area contributed by atoms with Crippen LogP contribution in [-0.2, 0) is 0 Å². The Hall–Kier alpha value is -3.12. The first-order chi connectivity index (χ1) is 12.3. The lowest BCUT2D eigenvalue weighted by Gasteiger charge is -2.00. The van der Waals surface area contributed by atoms with Gasteiger partial charge in [-0.1, -0.05) is 0 Å². The molecule has 0 atom stereocenters. The van der Waals surface area contributed by atoms with Gasteiger partial charge in [-0.05, 0) is 24.3 Å². The Labute approximate surface area is 147 Å². The third-order valence-corrected chi connectivity index (χ3v) is 5.26. The molecule has 0 aliphatic carbocycles. The molecular weight excluding hydrogens is 332 g/mol. The third kappa shape index (κ3) is 2.22. The summed E-state index contributed by atoms with van der Waals surface area (Å²) in [5.74, 6) is 0.841. The van der Waals surface area contributed by atoms with Gasteiger partial charge >= 0.3 is 0 Å². The van der Waals surface area contributed by atoms with Crippen molar-refractivity contribution in [2.75, 3.05) is 7.11 Å². The van der Waals surface area contributed by atoms with Crippen LogP contribution in [0.4, 0.5) is 0 Å². The normalized spacial score (nSPS) is 11.4. The predicted octanol–water partition coefficient (Wildman–Crippen LogP) is 4.84. The number of aromatic nitrogens is 4. The van der Waals surface area contributed by atoms with Crippen LogP contribution in [0.5, 0.6) is 5.75 Å². The van der Waals surface area contributed by atoms with Gasteiger partial charge < -0.3 is 14.7 Å². The average molecular weight is 346 g/mol. The number of benzene rings is 1. The molecule has 122 valence electrons. The highest BCUT2D eigenvalue weighted by atomic mass is 32.1. The number of thiazole rings is 1. The average Bonchev–Trinajstić information content (AvgIpc) is 3.37. The van der Waals surface area contributed by atoms with Crippen molar-refractivity contribution >= 4 is 33.1 Å². The molecule has 5 nitrogen and oxygen atoms in total. The molecule has 25 heavy (non-hydrogen) atoms. The van der Waals surface area contributed by atoms with Gasteiger partial charge in [0.15, 0.2) is 0 Å². The van der Waals surface area contributed by atoms with E-state index in [9.17, 15) is 0 Å². The second-order valence-electron chi connectivity index (χ2n) is 5.78. The fourth-order valence-corrected chi connectivity index (χ4v) is 3.95. The maximum Gasteiger partial charge on any atom is 0.126 e. The molecule has 0 saturated heterocycles. The number of ether oxygens (including phenoxy) is 1. The smallest absolute Gasteiger partial charge is 0.126 e. The van der Waals surface area contributed by atoms with Gasteiger partial charge in [0.05, 0.1) is 12.8 Å². The Morgan fingerprint density at radius 2 is 1.84 bits per heavy atom. The van der Waals surface area contributed by atoms with Crippen molar-refractivity contribution in [2.24, 2.45) is 0 Å². The SMILES string of the molecule is COc1ccc2[nH]cc(-c3nc(-c4c[nH]c5ccncc45)cs3)c2c1. The molecule has 2 N–H and O–H groups in total. The maximum absolute atomic E-state index is 5.35. The summed E-state index contributed by atoms with van der Waals surface area (Å²) >= 11 is 1.64. The molecular formula is C19H14N4OS. The van der Waals surface area contributed by atoms with Crippen LogP contribution in [0.15, 0.2) is 54.4 Å². The van der Waals surface area contributed by atoms with E-state index in [0.717, 1.165) is 49.4 Å². The minimum Gasteiger partial charge on any atom is -0.497 e. The number of methoxy groups -OCH3 is 1. The Balaban J connectivity index is 1.63. The van der Waals surface area contributed by atoms with E-state index in [-0.39, 0.29) is 0 Å². The Bertz CT molecular complexity index is 1200. The number of pyridine rings is 1. The number of hydrogen-bond donors (Lipinski definition) is 2. The molecule has 5 aromatic rings. The molecule has 5 rings (SSSR count). The fourth-order valence-electron chi connectivity index (χ4n) is 3.10. The highest BCUT2D eigenvalue weighted by Gasteiger charge is 2.14. The van der Waals surface area contributed by atoms with Gasteiger partial charge in [-0.2, -0.15) is 0 Å². The number of hydrogen-bond acceptors (Lipinski definition) is 4. The van der Waals surface area contributed by atoms with Crippen molar-refractivity contribution in [1.29, 1.82) is 0 Å². The van der Waals surface area contributed by atoms with Gasteiger partial charge in [0.25, 0.3) is 0 Å². The van der Waals surface area contributed by atoms with E-state index in [1.165, 1.54) is 0 Å². The molecule has 0 aliphatic rings. The zero-order valence-corrected chi connectivity index (χ0v) is 14.2. The van der Waals surface area contributed by atoms with Gasteiger partial charge in [-0.3, -0.25) is 4.98 Å². The number of fused-ring (bicyclic) bond motifs is 2. The Morgan fingerprint density at radius 3 is 2.72 bits per heavy atom. The molecule has 6 heteroatoms. The molecule has 4 heterocycles. The van der Waals surface area contributed by atoms with Crippen LogP contribution >= 0.6 is 11.3 Å². The standard InChI is InChI=1S/C19H14N4OS/c1-24-11-2-3-16-12(6-11)15(9-22-16)19-23-18(10-25-19)14-8-21-17-4-5-20-7-13(14)17/h2-10,21-22H,1H3. The lowest BCUT2D eigenvalue weighted by molar-refractivity contribution is 0.415. The molecule has 0 radical (unpaired) electrons. The first-order valence-corrected chi connectivity index (χ1v) is 8.74. The van der Waals surface area contributed by atoms with E-state index in [0.29, 0.717) is 0 Å². The molecule has 4 aromatic heterocycles. The van der Waals surface area contributed by atoms with Crippen LogP contribution < -0.4 is 4.74 Å². The number of aromatic amines is 2. The molecule has 0 fully saturated rings. The van der Waals surface area contributed by atoms with Gasteiger partial charge in [0.2, 0.25) is 0 Å². The summed E-state index contributed by atoms with van der Waals surface area (Å²) < 4.78 is 5.35. The molecule has 0 bridgehead atoms. The van der Waals surface area contributed by atoms with Gasteiger partial charge in [-0.15, -0.1) is 11.3 Å². The van der Waals surface area contributed by atoms with Crippen molar-refractivity contribution in [3.05, 3.63) is 54.4 Å². The zero-order valence-electron chi connectivity index (χ0n) is 13.4. The van der Waals surface area contributed by atoms with E-state index in [2.05, 4.69) is 20.3 Å². The fraction of sp³-hybridized carbons (Fsp3) is 0.0526. The second-order valence-corrected chi connectivity index (χ2v) is 6.63. The Kier molecular flexibility index (Phi) is 3.11. The second kappa shape index (κ2) is 5.46. The highest BCUT2D eigenvalue weighted by molar-refractivity contribution is 7.13. The largest absolute Gasteiger partial charge is 0.497 e. The van der Waals surface area contributed by atoms with Crippen LogP contribution in [0.3, 0.4) is 0 Å². The monoisotopic (exact) mass is 346 g/mol. The quantitative estimate of drug-likeness (QED) is 0.491. The third-order valence-electron chi connectivity index (χ3n) is 4.38. The van der Waals surface area contributed by atoms with Crippen molar-refractivity contribution < 1.29 is 4.74 Å². The minimum atomic E-state index is 0.841. The summed E-state index contributed by atoms with van der Waals surface area (Å²) in [5.41, 5.74) is 5.25. The van der Waals surface area contributed by atoms with E-state index >= 15 is 0 Å². The maximum atomic E-state index is 5.35. The highest BCUT2D eigenvalue weighted by Crippen LogP contribution is 2.36. The summed E-state index contributed by atoms with van der Waals surface area (Å²) in [7, 11) is 1.68. The first kappa shape index (κ1) is 14.2. The van der Waals surface area contributed by atoms with Crippen molar-refractivity contribution in [1.82, 2.24) is 19.9 Å². The first-order valence-electron chi connectivity index (χ1n) is 7.86. The predicted molar refractivity (Wildman–Crippen MR) is 101 cm³/mol. The Morgan fingerprint density at radius 1 is 1.00 bits per heavy atom. The minimum absolute atomic E-state index is 0.841. The number of H-pyrrole nitrogens is 2. The van der Waals surface area contributed by atoms with E-state index < -0.39 is 0 Å². The number of rotatable bonds is 3. The molecule has 0 spiro atoms. The van der Waals surface area contributed by atoms with Crippen LogP contribution in [0, 0.1) is 0 Å². The van der Waals surface area contributed by atoms with E-state index in [1.807, 2.05) is 42.9 Å². The van der Waals surface area contributed by atoms with Crippen molar-refractivity contribution in [3.63, 3.8) is 0 Å². The number of nitrogens with one attached hydrogen (secondary N) is 2. The summed E-state index contributed by atoms with van der Waals surface area (Å²) in [4.78, 5) is 15.7. The lowest BCUT2D eigenvalue weighted by atomic mass is 10.1. The molecule has 1 aromatic carbocycles. The van der Waals surface area contributed by atoms with Gasteiger partial charge in [0, 0.05) is 63.1 Å². The van der Waals surface area contributed by atoms with Crippen LogP contribution in [0.1, 0.15) is 0 Å². The summed E-state index contributed by atoms with van der Waals surface area (Å²) in [6.07, 6.45) is 7.65. The van der Waals surface area contributed by atoms with Crippen molar-refractivity contribution in [2.45, 2.75) is 0 Å². The zero-order chi connectivity index (χ0) is 16.8. The van der Waals surface area contributed by atoms with Crippen LogP contribution in [0.2, 0.25) is 0 Å². The molecule has 0 amide bonds.